The molecule has 1 aliphatic heterocycles. The highest BCUT2D eigenvalue weighted by molar-refractivity contribution is 5.81. The number of carbonyl (C=O) groups is 1. The van der Waals surface area contributed by atoms with E-state index < -0.39 is 18.6 Å². The van der Waals surface area contributed by atoms with Crippen molar-refractivity contribution < 1.29 is 24.5 Å². The Labute approximate surface area is 190 Å². The summed E-state index contributed by atoms with van der Waals surface area (Å²) in [4.78, 5) is 14.1. The van der Waals surface area contributed by atoms with Crippen molar-refractivity contribution in [1.82, 2.24) is 4.90 Å². The highest BCUT2D eigenvalue weighted by Crippen LogP contribution is 2.45. The molecule has 32 heavy (non-hydrogen) atoms. The Bertz CT molecular complexity index is 884. The van der Waals surface area contributed by atoms with Crippen molar-refractivity contribution >= 4 is 5.91 Å². The van der Waals surface area contributed by atoms with Crippen LogP contribution in [0, 0.1) is 12.3 Å². The molecule has 1 aliphatic rings. The van der Waals surface area contributed by atoms with E-state index in [0.29, 0.717) is 26.3 Å². The van der Waals surface area contributed by atoms with E-state index in [1.54, 1.807) is 4.90 Å². The molecule has 2 N–H and O–H groups in total. The highest BCUT2D eigenvalue weighted by Gasteiger charge is 2.45. The minimum Gasteiger partial charge on any atom is -0.493 e. The van der Waals surface area contributed by atoms with Gasteiger partial charge in [-0.3, -0.25) is 4.79 Å². The predicted octanol–water partition coefficient (Wildman–Crippen LogP) is 3.54. The number of nitrogens with zero attached hydrogens (tertiary/aromatic N) is 1. The molecule has 1 amide bonds. The van der Waals surface area contributed by atoms with Crippen LogP contribution in [0.25, 0.3) is 0 Å². The molecule has 2 aromatic rings. The zero-order valence-corrected chi connectivity index (χ0v) is 19.3. The zero-order valence-electron chi connectivity index (χ0n) is 19.3. The zero-order chi connectivity index (χ0) is 23.1. The molecular weight excluding hydrogens is 406 g/mol. The number of aryl methyl sites for hydroxylation is 1. The van der Waals surface area contributed by atoms with E-state index in [4.69, 9.17) is 14.6 Å². The van der Waals surface area contributed by atoms with Crippen LogP contribution in [-0.4, -0.2) is 60.0 Å². The molecule has 0 spiro atoms. The first-order valence-electron chi connectivity index (χ1n) is 11.4. The number of likely N-dealkylation sites (tertiary alicyclic amines) is 1. The van der Waals surface area contributed by atoms with Gasteiger partial charge in [0.05, 0.1) is 19.8 Å². The maximum atomic E-state index is 12.4. The summed E-state index contributed by atoms with van der Waals surface area (Å²) >= 11 is 0. The van der Waals surface area contributed by atoms with Crippen LogP contribution < -0.4 is 9.47 Å². The van der Waals surface area contributed by atoms with Gasteiger partial charge in [0.25, 0.3) is 5.91 Å². The molecule has 3 rings (SSSR count). The third-order valence-electron chi connectivity index (χ3n) is 6.48. The Hall–Kier alpha value is -2.57. The lowest BCUT2D eigenvalue weighted by molar-refractivity contribution is -0.141. The average Bonchev–Trinajstić information content (AvgIpc) is 3.17. The van der Waals surface area contributed by atoms with Crippen molar-refractivity contribution in [2.24, 2.45) is 5.41 Å². The summed E-state index contributed by atoms with van der Waals surface area (Å²) in [5.74, 6) is 1.39. The van der Waals surface area contributed by atoms with Crippen LogP contribution in [0.4, 0.5) is 0 Å². The lowest BCUT2D eigenvalue weighted by Gasteiger charge is -2.29. The number of rotatable bonds is 10. The first-order valence-corrected chi connectivity index (χ1v) is 11.4. The average molecular weight is 442 g/mol. The molecule has 2 aromatic carbocycles. The van der Waals surface area contributed by atoms with Crippen molar-refractivity contribution in [2.45, 2.75) is 45.6 Å². The van der Waals surface area contributed by atoms with Gasteiger partial charge in [-0.1, -0.05) is 43.7 Å². The second-order valence-electron chi connectivity index (χ2n) is 8.91. The standard InChI is InChI=1S/C26H35NO5/c1-4-26(3)18-27(25(30)24(29)17-28)16-23(26)20-7-5-8-22(15-20)32-14-6-13-31-21-11-9-19(2)10-12-21/h5,7-12,15,23-24,28-29H,4,6,13-14,16-18H2,1-3H3. The minimum absolute atomic E-state index is 0.106. The molecule has 3 atom stereocenters. The van der Waals surface area contributed by atoms with Gasteiger partial charge < -0.3 is 24.6 Å². The van der Waals surface area contributed by atoms with E-state index in [2.05, 4.69) is 26.0 Å². The molecule has 6 nitrogen and oxygen atoms in total. The van der Waals surface area contributed by atoms with Crippen molar-refractivity contribution in [3.05, 3.63) is 59.7 Å². The molecule has 174 valence electrons. The smallest absolute Gasteiger partial charge is 0.253 e. The molecule has 3 unspecified atom stereocenters. The number of ether oxygens (including phenoxy) is 2. The lowest BCUT2D eigenvalue weighted by Crippen LogP contribution is -2.40. The van der Waals surface area contributed by atoms with Gasteiger partial charge in [-0.2, -0.15) is 0 Å². The minimum atomic E-state index is -1.35. The largest absolute Gasteiger partial charge is 0.493 e. The van der Waals surface area contributed by atoms with Crippen LogP contribution in [0.5, 0.6) is 11.5 Å². The topological polar surface area (TPSA) is 79.2 Å². The van der Waals surface area contributed by atoms with Gasteiger partial charge in [-0.05, 0) is 48.6 Å². The summed E-state index contributed by atoms with van der Waals surface area (Å²) in [6.45, 7) is 8.01. The van der Waals surface area contributed by atoms with Crippen molar-refractivity contribution in [3.63, 3.8) is 0 Å². The summed E-state index contributed by atoms with van der Waals surface area (Å²) in [6, 6.07) is 16.1. The molecule has 0 aromatic heterocycles. The van der Waals surface area contributed by atoms with Gasteiger partial charge in [0.1, 0.15) is 11.5 Å². The third-order valence-corrected chi connectivity index (χ3v) is 6.48. The molecule has 1 saturated heterocycles. The fourth-order valence-corrected chi connectivity index (χ4v) is 4.27. The van der Waals surface area contributed by atoms with E-state index in [9.17, 15) is 9.90 Å². The summed E-state index contributed by atoms with van der Waals surface area (Å²) < 4.78 is 11.7. The second-order valence-corrected chi connectivity index (χ2v) is 8.91. The van der Waals surface area contributed by atoms with Gasteiger partial charge in [0, 0.05) is 25.4 Å². The van der Waals surface area contributed by atoms with Crippen LogP contribution in [0.1, 0.15) is 43.7 Å². The van der Waals surface area contributed by atoms with Gasteiger partial charge in [-0.15, -0.1) is 0 Å². The van der Waals surface area contributed by atoms with E-state index in [1.165, 1.54) is 5.56 Å². The van der Waals surface area contributed by atoms with Crippen molar-refractivity contribution in [3.8, 4) is 11.5 Å². The Morgan fingerprint density at radius 1 is 1.16 bits per heavy atom. The van der Waals surface area contributed by atoms with Gasteiger partial charge in [-0.25, -0.2) is 0 Å². The summed E-state index contributed by atoms with van der Waals surface area (Å²) in [5, 5.41) is 18.9. The van der Waals surface area contributed by atoms with Gasteiger partial charge in [0.15, 0.2) is 6.10 Å². The Kier molecular flexibility index (Phi) is 8.15. The molecule has 1 heterocycles. The number of aliphatic hydroxyl groups excluding tert-OH is 2. The second kappa shape index (κ2) is 10.8. The number of hydrogen-bond acceptors (Lipinski definition) is 5. The number of aliphatic hydroxyl groups is 2. The molecule has 0 bridgehead atoms. The van der Waals surface area contributed by atoms with E-state index >= 15 is 0 Å². The van der Waals surface area contributed by atoms with E-state index in [1.807, 2.05) is 43.3 Å². The Morgan fingerprint density at radius 3 is 2.50 bits per heavy atom. The molecule has 6 heteroatoms. The van der Waals surface area contributed by atoms with Crippen LogP contribution in [0.3, 0.4) is 0 Å². The molecule has 0 radical (unpaired) electrons. The van der Waals surface area contributed by atoms with Crippen molar-refractivity contribution in [1.29, 1.82) is 0 Å². The monoisotopic (exact) mass is 441 g/mol. The first-order chi connectivity index (χ1) is 15.4. The summed E-state index contributed by atoms with van der Waals surface area (Å²) in [5.41, 5.74) is 2.22. The third kappa shape index (κ3) is 5.81. The van der Waals surface area contributed by atoms with Crippen LogP contribution in [0.2, 0.25) is 0 Å². The maximum Gasteiger partial charge on any atom is 0.253 e. The fraction of sp³-hybridized carbons (Fsp3) is 0.500. The summed E-state index contributed by atoms with van der Waals surface area (Å²) in [7, 11) is 0. The molecular formula is C26H35NO5. The first kappa shape index (κ1) is 24.1. The Balaban J connectivity index is 1.57. The van der Waals surface area contributed by atoms with Crippen LogP contribution >= 0.6 is 0 Å². The van der Waals surface area contributed by atoms with Crippen LogP contribution in [0.15, 0.2) is 48.5 Å². The molecule has 0 aliphatic carbocycles. The van der Waals surface area contributed by atoms with Gasteiger partial charge in [0.2, 0.25) is 0 Å². The lowest BCUT2D eigenvalue weighted by atomic mass is 9.74. The van der Waals surface area contributed by atoms with Crippen LogP contribution in [-0.2, 0) is 4.79 Å². The quantitative estimate of drug-likeness (QED) is 0.552. The van der Waals surface area contributed by atoms with Crippen molar-refractivity contribution in [2.75, 3.05) is 32.9 Å². The van der Waals surface area contributed by atoms with E-state index in [-0.39, 0.29) is 11.3 Å². The number of carbonyl (C=O) groups excluding carboxylic acids is 1. The SMILES string of the molecule is CCC1(C)CN(C(=O)C(O)CO)CC1c1cccc(OCCCOc2ccc(C)cc2)c1. The van der Waals surface area contributed by atoms with Gasteiger partial charge >= 0.3 is 0 Å². The van der Waals surface area contributed by atoms with E-state index in [0.717, 1.165) is 29.9 Å². The normalized spacial score (nSPS) is 21.4. The Morgan fingerprint density at radius 2 is 1.84 bits per heavy atom. The maximum absolute atomic E-state index is 12.4. The number of amides is 1. The number of hydrogen-bond donors (Lipinski definition) is 2. The highest BCUT2D eigenvalue weighted by atomic mass is 16.5. The molecule has 1 fully saturated rings. The molecule has 0 saturated carbocycles. The summed E-state index contributed by atoms with van der Waals surface area (Å²) in [6.07, 6.45) is 0.319. The number of benzene rings is 2. The predicted molar refractivity (Wildman–Crippen MR) is 124 cm³/mol. The fourth-order valence-electron chi connectivity index (χ4n) is 4.27.